The van der Waals surface area contributed by atoms with Crippen LogP contribution < -0.4 is 36.1 Å². The quantitative estimate of drug-likeness (QED) is 0.175. The van der Waals surface area contributed by atoms with Crippen molar-refractivity contribution in [2.75, 3.05) is 62.9 Å². The third-order valence-electron chi connectivity index (χ3n) is 10.4. The maximum atomic E-state index is 13.0. The summed E-state index contributed by atoms with van der Waals surface area (Å²) >= 11 is 0. The molecule has 4 amide bonds. The number of carbonyl (C=O) groups excluding carboxylic acids is 4. The summed E-state index contributed by atoms with van der Waals surface area (Å²) in [5, 5.41) is 13.6. The number of nitrogens with one attached hydrogen (secondary N) is 3. The molecule has 3 fully saturated rings. The van der Waals surface area contributed by atoms with Crippen molar-refractivity contribution in [3.05, 3.63) is 60.0 Å². The first-order valence-corrected chi connectivity index (χ1v) is 17.9. The van der Waals surface area contributed by atoms with Gasteiger partial charge in [-0.1, -0.05) is 0 Å². The van der Waals surface area contributed by atoms with Gasteiger partial charge in [-0.05, 0) is 62.3 Å². The molecular weight excluding hydrogens is 680 g/mol. The molecule has 0 radical (unpaired) electrons. The lowest BCUT2D eigenvalue weighted by Gasteiger charge is -2.38. The van der Waals surface area contributed by atoms with Crippen LogP contribution in [0.1, 0.15) is 65.4 Å². The first-order valence-electron chi connectivity index (χ1n) is 17.9. The van der Waals surface area contributed by atoms with Crippen molar-refractivity contribution in [3.63, 3.8) is 0 Å². The van der Waals surface area contributed by atoms with Gasteiger partial charge in [0.25, 0.3) is 11.8 Å². The average molecular weight is 725 g/mol. The molecule has 16 nitrogen and oxygen atoms in total. The summed E-state index contributed by atoms with van der Waals surface area (Å²) in [5.74, 6) is -0.0694. The lowest BCUT2D eigenvalue weighted by Crippen LogP contribution is -2.52. The number of hydrogen-bond acceptors (Lipinski definition) is 12. The Balaban J connectivity index is 0.899. The van der Waals surface area contributed by atoms with Crippen molar-refractivity contribution < 1.29 is 28.7 Å². The van der Waals surface area contributed by atoms with Gasteiger partial charge in [0.15, 0.2) is 0 Å². The number of fused-ring (bicyclic) bond motifs is 1. The second-order valence-electron chi connectivity index (χ2n) is 13.8. The molecule has 0 saturated carbocycles. The molecule has 53 heavy (non-hydrogen) atoms. The van der Waals surface area contributed by atoms with Crippen molar-refractivity contribution in [1.82, 2.24) is 35.3 Å². The second-order valence-corrected chi connectivity index (χ2v) is 13.8. The van der Waals surface area contributed by atoms with Gasteiger partial charge in [0, 0.05) is 74.7 Å². The first-order chi connectivity index (χ1) is 25.7. The number of anilines is 3. The van der Waals surface area contributed by atoms with E-state index < -0.39 is 23.8 Å². The fourth-order valence-corrected chi connectivity index (χ4v) is 7.45. The molecule has 5 N–H and O–H groups in total. The fraction of sp³-hybridized carbons (Fsp3) is 0.432. The van der Waals surface area contributed by atoms with Crippen LogP contribution in [0.4, 0.5) is 17.3 Å². The van der Waals surface area contributed by atoms with Crippen molar-refractivity contribution in [2.45, 2.75) is 50.6 Å². The summed E-state index contributed by atoms with van der Waals surface area (Å²) in [6, 6.07) is 10.3. The number of rotatable bonds is 10. The Morgan fingerprint density at radius 2 is 1.72 bits per heavy atom. The predicted molar refractivity (Wildman–Crippen MR) is 197 cm³/mol. The number of piperidine rings is 3. The van der Waals surface area contributed by atoms with Crippen LogP contribution >= 0.6 is 0 Å². The molecular formula is C37H44N10O6. The standard InChI is InChI=1S/C37H44N10O6/c1-52-31-18-25(3-4-26(31)34(49)40-27-5-6-33(48)43-36(27)51)46-15-8-22(9-16-46)20-45-13-10-24(11-14-45)47-21-23-17-30(32(53-2)19-29(23)44-47)41-35(50)28-7-12-39-37(38)42-28/h3-4,7,12,17-19,21-22,24,27H,5-6,8-11,13-16,20H2,1-2H3,(H,40,49)(H,41,50)(H2,38,39,42)(H,43,48,51)/t27-/m0/s1. The van der Waals surface area contributed by atoms with Crippen molar-refractivity contribution in [3.8, 4) is 11.5 Å². The third-order valence-corrected chi connectivity index (χ3v) is 10.4. The number of ether oxygens (including phenoxy) is 2. The fourth-order valence-electron chi connectivity index (χ4n) is 7.45. The van der Waals surface area contributed by atoms with Gasteiger partial charge in [0.2, 0.25) is 17.8 Å². The Bertz CT molecular complexity index is 2020. The highest BCUT2D eigenvalue weighted by Gasteiger charge is 2.30. The molecule has 3 aliphatic heterocycles. The minimum absolute atomic E-state index is 0.0262. The molecule has 0 bridgehead atoms. The lowest BCUT2D eigenvalue weighted by molar-refractivity contribution is -0.134. The highest BCUT2D eigenvalue weighted by Crippen LogP contribution is 2.33. The number of nitrogen functional groups attached to an aromatic ring is 1. The minimum Gasteiger partial charge on any atom is -0.496 e. The maximum Gasteiger partial charge on any atom is 0.274 e. The van der Waals surface area contributed by atoms with Gasteiger partial charge in [-0.2, -0.15) is 5.10 Å². The van der Waals surface area contributed by atoms with Crippen molar-refractivity contribution >= 4 is 51.9 Å². The van der Waals surface area contributed by atoms with Crippen LogP contribution in [0.5, 0.6) is 11.5 Å². The van der Waals surface area contributed by atoms with E-state index in [0.717, 1.165) is 75.0 Å². The summed E-state index contributed by atoms with van der Waals surface area (Å²) in [5.41, 5.74) is 8.47. The van der Waals surface area contributed by atoms with E-state index in [1.165, 1.54) is 19.4 Å². The highest BCUT2D eigenvalue weighted by molar-refractivity contribution is 6.05. The van der Waals surface area contributed by atoms with Crippen LogP contribution in [-0.4, -0.2) is 101 Å². The molecule has 7 rings (SSSR count). The van der Waals surface area contributed by atoms with Gasteiger partial charge >= 0.3 is 0 Å². The number of carbonyl (C=O) groups is 4. The average Bonchev–Trinajstić information content (AvgIpc) is 3.59. The Kier molecular flexibility index (Phi) is 10.4. The zero-order valence-electron chi connectivity index (χ0n) is 29.8. The molecule has 3 saturated heterocycles. The minimum atomic E-state index is -0.751. The van der Waals surface area contributed by atoms with E-state index in [0.29, 0.717) is 28.7 Å². The molecule has 16 heteroatoms. The second kappa shape index (κ2) is 15.5. The summed E-state index contributed by atoms with van der Waals surface area (Å²) < 4.78 is 13.2. The van der Waals surface area contributed by atoms with Crippen molar-refractivity contribution in [1.29, 1.82) is 0 Å². The summed E-state index contributed by atoms with van der Waals surface area (Å²) in [6.07, 6.45) is 8.06. The van der Waals surface area contributed by atoms with Gasteiger partial charge in [-0.25, -0.2) is 9.97 Å². The van der Waals surface area contributed by atoms with E-state index in [-0.39, 0.29) is 36.4 Å². The van der Waals surface area contributed by atoms with Crippen LogP contribution in [0, 0.1) is 5.92 Å². The summed E-state index contributed by atoms with van der Waals surface area (Å²) in [4.78, 5) is 62.1. The number of hydrogen-bond donors (Lipinski definition) is 4. The van der Waals surface area contributed by atoms with Crippen LogP contribution in [0.15, 0.2) is 48.8 Å². The maximum absolute atomic E-state index is 13.0. The van der Waals surface area contributed by atoms with Crippen LogP contribution in [0.2, 0.25) is 0 Å². The molecule has 3 aliphatic rings. The van der Waals surface area contributed by atoms with Crippen LogP contribution in [-0.2, 0) is 9.59 Å². The zero-order valence-corrected chi connectivity index (χ0v) is 29.8. The number of amides is 4. The van der Waals surface area contributed by atoms with Crippen molar-refractivity contribution in [2.24, 2.45) is 5.92 Å². The Hall–Kier alpha value is -5.77. The largest absolute Gasteiger partial charge is 0.496 e. The molecule has 2 aromatic carbocycles. The lowest BCUT2D eigenvalue weighted by atomic mass is 9.94. The molecule has 5 heterocycles. The smallest absolute Gasteiger partial charge is 0.274 e. The third kappa shape index (κ3) is 8.01. The number of imide groups is 1. The van der Waals surface area contributed by atoms with Crippen LogP contribution in [0.25, 0.3) is 10.9 Å². The Morgan fingerprint density at radius 3 is 2.43 bits per heavy atom. The van der Waals surface area contributed by atoms with E-state index in [1.807, 2.05) is 30.5 Å². The molecule has 4 aromatic rings. The van der Waals surface area contributed by atoms with Gasteiger partial charge in [0.05, 0.1) is 37.0 Å². The summed E-state index contributed by atoms with van der Waals surface area (Å²) in [7, 11) is 3.09. The number of likely N-dealkylation sites (tertiary alicyclic amines) is 1. The summed E-state index contributed by atoms with van der Waals surface area (Å²) in [6.45, 7) is 4.86. The van der Waals surface area contributed by atoms with Gasteiger partial charge in [0.1, 0.15) is 23.2 Å². The molecule has 0 aliphatic carbocycles. The molecule has 0 spiro atoms. The molecule has 278 valence electrons. The zero-order chi connectivity index (χ0) is 37.1. The number of nitrogens with two attached hydrogens (primary N) is 1. The van der Waals surface area contributed by atoms with Gasteiger partial charge in [-0.15, -0.1) is 0 Å². The van der Waals surface area contributed by atoms with E-state index in [9.17, 15) is 19.2 Å². The van der Waals surface area contributed by atoms with Gasteiger partial charge < -0.3 is 35.6 Å². The normalized spacial score (nSPS) is 18.8. The monoisotopic (exact) mass is 724 g/mol. The number of nitrogens with zero attached hydrogens (tertiary/aromatic N) is 6. The van der Waals surface area contributed by atoms with E-state index in [4.69, 9.17) is 20.3 Å². The van der Waals surface area contributed by atoms with Crippen LogP contribution in [0.3, 0.4) is 0 Å². The predicted octanol–water partition coefficient (Wildman–Crippen LogP) is 2.77. The van der Waals surface area contributed by atoms with E-state index in [2.05, 4.69) is 40.4 Å². The topological polar surface area (TPSA) is 199 Å². The number of aromatic nitrogens is 4. The van der Waals surface area contributed by atoms with Gasteiger partial charge in [-0.3, -0.25) is 29.2 Å². The molecule has 2 aromatic heterocycles. The number of benzene rings is 2. The Labute approximate surface area is 306 Å². The number of methoxy groups -OCH3 is 2. The van der Waals surface area contributed by atoms with E-state index in [1.54, 1.807) is 13.2 Å². The SMILES string of the molecule is COc1cc2nn(C3CCN(CC4CCN(c5ccc(C(=O)N[C@H]6CCC(=O)NC6=O)c(OC)c5)CC4)CC3)cc2cc1NC(=O)c1ccnc(N)n1. The highest BCUT2D eigenvalue weighted by atomic mass is 16.5. The first kappa shape index (κ1) is 35.6. The molecule has 1 atom stereocenters. The van der Waals surface area contributed by atoms with E-state index >= 15 is 0 Å². The Morgan fingerprint density at radius 1 is 0.943 bits per heavy atom. The molecule has 0 unspecified atom stereocenters.